The van der Waals surface area contributed by atoms with Crippen LogP contribution in [0, 0.1) is 5.92 Å². The molecule has 1 aliphatic heterocycles. The van der Waals surface area contributed by atoms with E-state index in [2.05, 4.69) is 17.1 Å². The van der Waals surface area contributed by atoms with Crippen molar-refractivity contribution in [2.75, 3.05) is 18.0 Å². The first-order valence-corrected chi connectivity index (χ1v) is 8.70. The summed E-state index contributed by atoms with van der Waals surface area (Å²) in [4.78, 5) is 25.4. The summed E-state index contributed by atoms with van der Waals surface area (Å²) in [6, 6.07) is 2.52. The largest absolute Gasteiger partial charge is 0.480 e. The number of hydrogen-bond donors (Lipinski definition) is 2. The molecule has 1 saturated heterocycles. The topological polar surface area (TPSA) is 92.0 Å². The SMILES string of the molecule is CC1CCN(c2ccc(CC(NC(=O)OC(C)(C)C)C(=O)O)o2)CC1. The van der Waals surface area contributed by atoms with Crippen molar-refractivity contribution in [1.29, 1.82) is 0 Å². The number of carboxylic acid groups (broad SMARTS) is 1. The molecule has 0 spiro atoms. The molecule has 1 unspecified atom stereocenters. The lowest BCUT2D eigenvalue weighted by atomic mass is 9.99. The van der Waals surface area contributed by atoms with Crippen molar-refractivity contribution in [2.24, 2.45) is 5.92 Å². The van der Waals surface area contributed by atoms with Gasteiger partial charge in [0.25, 0.3) is 0 Å². The maximum absolute atomic E-state index is 11.8. The molecule has 2 N–H and O–H groups in total. The van der Waals surface area contributed by atoms with Gasteiger partial charge in [-0.1, -0.05) is 6.92 Å². The summed E-state index contributed by atoms with van der Waals surface area (Å²) >= 11 is 0. The van der Waals surface area contributed by atoms with Gasteiger partial charge >= 0.3 is 12.1 Å². The number of nitrogens with zero attached hydrogens (tertiary/aromatic N) is 1. The van der Waals surface area contributed by atoms with Crippen molar-refractivity contribution in [3.63, 3.8) is 0 Å². The van der Waals surface area contributed by atoms with Gasteiger partial charge in [0.15, 0.2) is 5.88 Å². The third-order valence-corrected chi connectivity index (χ3v) is 4.14. The van der Waals surface area contributed by atoms with Gasteiger partial charge in [0, 0.05) is 25.6 Å². The lowest BCUT2D eigenvalue weighted by Crippen LogP contribution is -2.44. The standard InChI is InChI=1S/C18H28N2O5/c1-12-7-9-20(10-8-12)15-6-5-13(24-15)11-14(16(21)22)19-17(23)25-18(2,3)4/h5-6,12,14H,7-11H2,1-4H3,(H,19,23)(H,21,22). The van der Waals surface area contributed by atoms with E-state index in [1.165, 1.54) is 0 Å². The molecule has 0 saturated carbocycles. The fourth-order valence-electron chi connectivity index (χ4n) is 2.73. The maximum Gasteiger partial charge on any atom is 0.408 e. The second-order valence-corrected chi connectivity index (χ2v) is 7.65. The van der Waals surface area contributed by atoms with E-state index in [-0.39, 0.29) is 6.42 Å². The number of anilines is 1. The highest BCUT2D eigenvalue weighted by molar-refractivity contribution is 5.80. The predicted octanol–water partition coefficient (Wildman–Crippen LogP) is 3.04. The van der Waals surface area contributed by atoms with Gasteiger partial charge in [0.05, 0.1) is 0 Å². The van der Waals surface area contributed by atoms with Crippen molar-refractivity contribution in [3.05, 3.63) is 17.9 Å². The normalized spacial score (nSPS) is 17.2. The van der Waals surface area contributed by atoms with Gasteiger partial charge < -0.3 is 24.5 Å². The van der Waals surface area contributed by atoms with E-state index in [0.717, 1.165) is 37.7 Å². The first-order chi connectivity index (χ1) is 11.6. The van der Waals surface area contributed by atoms with Crippen molar-refractivity contribution in [2.45, 2.75) is 58.6 Å². The average Bonchev–Trinajstić information content (AvgIpc) is 2.94. The summed E-state index contributed by atoms with van der Waals surface area (Å²) in [6.07, 6.45) is 1.55. The fraction of sp³-hybridized carbons (Fsp3) is 0.667. The van der Waals surface area contributed by atoms with Gasteiger partial charge in [-0.25, -0.2) is 9.59 Å². The second-order valence-electron chi connectivity index (χ2n) is 7.65. The van der Waals surface area contributed by atoms with Crippen LogP contribution in [-0.2, 0) is 16.0 Å². The van der Waals surface area contributed by atoms with Gasteiger partial charge in [-0.15, -0.1) is 0 Å². The first-order valence-electron chi connectivity index (χ1n) is 8.70. The van der Waals surface area contributed by atoms with Gasteiger partial charge in [-0.05, 0) is 45.6 Å². The van der Waals surface area contributed by atoms with E-state index in [9.17, 15) is 14.7 Å². The summed E-state index contributed by atoms with van der Waals surface area (Å²) in [6.45, 7) is 9.28. The number of nitrogens with one attached hydrogen (secondary N) is 1. The zero-order valence-electron chi connectivity index (χ0n) is 15.4. The Bertz CT molecular complexity index is 597. The molecular formula is C18H28N2O5. The minimum absolute atomic E-state index is 0.0683. The van der Waals surface area contributed by atoms with Gasteiger partial charge in [-0.2, -0.15) is 0 Å². The van der Waals surface area contributed by atoms with Crippen molar-refractivity contribution in [3.8, 4) is 0 Å². The van der Waals surface area contributed by atoms with Crippen LogP contribution >= 0.6 is 0 Å². The molecule has 2 heterocycles. The minimum Gasteiger partial charge on any atom is -0.480 e. The zero-order valence-corrected chi connectivity index (χ0v) is 15.4. The number of aliphatic carboxylic acids is 1. The number of carbonyl (C=O) groups is 2. The van der Waals surface area contributed by atoms with E-state index in [1.54, 1.807) is 26.8 Å². The number of ether oxygens (including phenoxy) is 1. The van der Waals surface area contributed by atoms with Crippen LogP contribution in [0.4, 0.5) is 10.7 Å². The van der Waals surface area contributed by atoms with Gasteiger partial charge in [0.1, 0.15) is 17.4 Å². The second kappa shape index (κ2) is 7.80. The Labute approximate surface area is 148 Å². The number of amides is 1. The van der Waals surface area contributed by atoms with Crippen LogP contribution in [0.5, 0.6) is 0 Å². The quantitative estimate of drug-likeness (QED) is 0.846. The highest BCUT2D eigenvalue weighted by atomic mass is 16.6. The molecule has 1 aromatic rings. The molecule has 0 aliphatic carbocycles. The minimum atomic E-state index is -1.13. The van der Waals surface area contributed by atoms with Crippen LogP contribution in [0.3, 0.4) is 0 Å². The lowest BCUT2D eigenvalue weighted by Gasteiger charge is -2.29. The van der Waals surface area contributed by atoms with Crippen molar-refractivity contribution >= 4 is 17.9 Å². The summed E-state index contributed by atoms with van der Waals surface area (Å²) in [5.41, 5.74) is -0.684. The van der Waals surface area contributed by atoms with Crippen LogP contribution in [0.2, 0.25) is 0 Å². The number of alkyl carbamates (subject to hydrolysis) is 1. The highest BCUT2D eigenvalue weighted by Gasteiger charge is 2.26. The van der Waals surface area contributed by atoms with E-state index < -0.39 is 23.7 Å². The molecule has 1 atom stereocenters. The van der Waals surface area contributed by atoms with Crippen LogP contribution in [0.15, 0.2) is 16.5 Å². The molecule has 1 aromatic heterocycles. The lowest BCUT2D eigenvalue weighted by molar-refractivity contribution is -0.139. The predicted molar refractivity (Wildman–Crippen MR) is 93.8 cm³/mol. The van der Waals surface area contributed by atoms with Crippen LogP contribution < -0.4 is 10.2 Å². The Balaban J connectivity index is 1.96. The molecule has 7 nitrogen and oxygen atoms in total. The molecule has 0 aromatic carbocycles. The molecule has 2 rings (SSSR count). The molecule has 1 aliphatic rings. The number of hydrogen-bond acceptors (Lipinski definition) is 5. The number of furan rings is 1. The van der Waals surface area contributed by atoms with Gasteiger partial charge in [-0.3, -0.25) is 0 Å². The third kappa shape index (κ3) is 5.99. The van der Waals surface area contributed by atoms with E-state index in [1.807, 2.05) is 6.07 Å². The zero-order chi connectivity index (χ0) is 18.6. The molecular weight excluding hydrogens is 324 g/mol. The van der Waals surface area contributed by atoms with Crippen molar-refractivity contribution in [1.82, 2.24) is 5.32 Å². The number of carbonyl (C=O) groups excluding carboxylic acids is 1. The Morgan fingerprint density at radius 1 is 1.36 bits per heavy atom. The summed E-state index contributed by atoms with van der Waals surface area (Å²) in [7, 11) is 0. The Kier molecular flexibility index (Phi) is 5.98. The van der Waals surface area contributed by atoms with Gasteiger partial charge in [0.2, 0.25) is 0 Å². The van der Waals surface area contributed by atoms with E-state index >= 15 is 0 Å². The fourth-order valence-corrected chi connectivity index (χ4v) is 2.73. The van der Waals surface area contributed by atoms with E-state index in [0.29, 0.717) is 5.76 Å². The summed E-state index contributed by atoms with van der Waals surface area (Å²) < 4.78 is 10.9. The number of piperidine rings is 1. The Morgan fingerprint density at radius 3 is 2.56 bits per heavy atom. The van der Waals surface area contributed by atoms with Crippen LogP contribution in [0.1, 0.15) is 46.3 Å². The molecule has 0 radical (unpaired) electrons. The third-order valence-electron chi connectivity index (χ3n) is 4.14. The molecule has 140 valence electrons. The molecule has 25 heavy (non-hydrogen) atoms. The van der Waals surface area contributed by atoms with Crippen LogP contribution in [0.25, 0.3) is 0 Å². The van der Waals surface area contributed by atoms with Crippen molar-refractivity contribution < 1.29 is 23.8 Å². The maximum atomic E-state index is 11.8. The molecule has 1 fully saturated rings. The Morgan fingerprint density at radius 2 is 2.00 bits per heavy atom. The smallest absolute Gasteiger partial charge is 0.408 e. The van der Waals surface area contributed by atoms with Crippen LogP contribution in [-0.4, -0.2) is 41.9 Å². The molecule has 7 heteroatoms. The number of rotatable bonds is 5. The highest BCUT2D eigenvalue weighted by Crippen LogP contribution is 2.25. The first kappa shape index (κ1) is 19.1. The molecule has 1 amide bonds. The summed E-state index contributed by atoms with van der Waals surface area (Å²) in [5, 5.41) is 11.7. The molecule has 0 bridgehead atoms. The van der Waals surface area contributed by atoms with E-state index in [4.69, 9.17) is 9.15 Å². The average molecular weight is 352 g/mol. The number of carboxylic acids is 1. The summed E-state index contributed by atoms with van der Waals surface area (Å²) in [5.74, 6) is 0.871. The Hall–Kier alpha value is -2.18. The monoisotopic (exact) mass is 352 g/mol.